The lowest BCUT2D eigenvalue weighted by molar-refractivity contribution is 0.137. The monoisotopic (exact) mass is 294 g/mol. The Labute approximate surface area is 130 Å². The SMILES string of the molecule is C[C@@H]1CC[C@H](NC2CCN(C[C@H]3CCOC3)CC2)C[C@@H]1C. The molecule has 21 heavy (non-hydrogen) atoms. The molecule has 0 aromatic heterocycles. The van der Waals surface area contributed by atoms with E-state index in [0.29, 0.717) is 0 Å². The Morgan fingerprint density at radius 3 is 2.43 bits per heavy atom. The van der Waals surface area contributed by atoms with Gasteiger partial charge < -0.3 is 15.0 Å². The van der Waals surface area contributed by atoms with Crippen molar-refractivity contribution in [3.05, 3.63) is 0 Å². The zero-order chi connectivity index (χ0) is 14.7. The molecule has 0 radical (unpaired) electrons. The Kier molecular flexibility index (Phi) is 5.58. The fourth-order valence-electron chi connectivity index (χ4n) is 4.41. The van der Waals surface area contributed by atoms with Gasteiger partial charge in [0.05, 0.1) is 6.61 Å². The number of piperidine rings is 1. The number of hydrogen-bond donors (Lipinski definition) is 1. The Hall–Kier alpha value is -0.120. The third kappa shape index (κ3) is 4.43. The summed E-state index contributed by atoms with van der Waals surface area (Å²) in [5.74, 6) is 2.63. The second-order valence-corrected chi connectivity index (χ2v) is 7.94. The van der Waals surface area contributed by atoms with Crippen LogP contribution >= 0.6 is 0 Å². The van der Waals surface area contributed by atoms with Gasteiger partial charge in [0, 0.05) is 25.2 Å². The molecule has 122 valence electrons. The molecule has 0 bridgehead atoms. The maximum Gasteiger partial charge on any atom is 0.0507 e. The maximum atomic E-state index is 5.50. The Balaban J connectivity index is 1.35. The predicted molar refractivity (Wildman–Crippen MR) is 87.5 cm³/mol. The first-order chi connectivity index (χ1) is 10.2. The summed E-state index contributed by atoms with van der Waals surface area (Å²) in [7, 11) is 0. The number of hydrogen-bond acceptors (Lipinski definition) is 3. The zero-order valence-electron chi connectivity index (χ0n) is 14.0. The van der Waals surface area contributed by atoms with Crippen molar-refractivity contribution in [2.24, 2.45) is 17.8 Å². The van der Waals surface area contributed by atoms with E-state index in [0.717, 1.165) is 43.1 Å². The van der Waals surface area contributed by atoms with Gasteiger partial charge in [0.1, 0.15) is 0 Å². The lowest BCUT2D eigenvalue weighted by Crippen LogP contribution is -2.48. The molecule has 2 aliphatic heterocycles. The summed E-state index contributed by atoms with van der Waals surface area (Å²) >= 11 is 0. The summed E-state index contributed by atoms with van der Waals surface area (Å²) in [6, 6.07) is 1.56. The van der Waals surface area contributed by atoms with Crippen LogP contribution in [0, 0.1) is 17.8 Å². The van der Waals surface area contributed by atoms with Gasteiger partial charge in [-0.2, -0.15) is 0 Å². The molecule has 1 aliphatic carbocycles. The van der Waals surface area contributed by atoms with Crippen molar-refractivity contribution >= 4 is 0 Å². The lowest BCUT2D eigenvalue weighted by atomic mass is 9.79. The summed E-state index contributed by atoms with van der Waals surface area (Å²) in [6.45, 7) is 10.7. The van der Waals surface area contributed by atoms with Gasteiger partial charge in [-0.15, -0.1) is 0 Å². The first kappa shape index (κ1) is 15.8. The molecule has 0 unspecified atom stereocenters. The first-order valence-electron chi connectivity index (χ1n) is 9.27. The molecule has 3 fully saturated rings. The van der Waals surface area contributed by atoms with Crippen molar-refractivity contribution in [1.29, 1.82) is 0 Å². The first-order valence-corrected chi connectivity index (χ1v) is 9.27. The smallest absolute Gasteiger partial charge is 0.0507 e. The lowest BCUT2D eigenvalue weighted by Gasteiger charge is -2.38. The van der Waals surface area contributed by atoms with Crippen molar-refractivity contribution in [1.82, 2.24) is 10.2 Å². The zero-order valence-corrected chi connectivity index (χ0v) is 14.0. The van der Waals surface area contributed by atoms with E-state index in [2.05, 4.69) is 24.1 Å². The van der Waals surface area contributed by atoms with Gasteiger partial charge in [0.15, 0.2) is 0 Å². The molecule has 2 saturated heterocycles. The van der Waals surface area contributed by atoms with Crippen LogP contribution in [-0.2, 0) is 4.74 Å². The Morgan fingerprint density at radius 2 is 1.76 bits per heavy atom. The molecule has 0 amide bonds. The third-order valence-electron chi connectivity index (χ3n) is 6.20. The highest BCUT2D eigenvalue weighted by atomic mass is 16.5. The topological polar surface area (TPSA) is 24.5 Å². The van der Waals surface area contributed by atoms with E-state index in [4.69, 9.17) is 4.74 Å². The van der Waals surface area contributed by atoms with Crippen molar-refractivity contribution < 1.29 is 4.74 Å². The van der Waals surface area contributed by atoms with Crippen molar-refractivity contribution in [2.75, 3.05) is 32.8 Å². The van der Waals surface area contributed by atoms with Gasteiger partial charge in [-0.25, -0.2) is 0 Å². The quantitative estimate of drug-likeness (QED) is 0.863. The molecular weight excluding hydrogens is 260 g/mol. The minimum absolute atomic E-state index is 0.770. The number of nitrogens with zero attached hydrogens (tertiary/aromatic N) is 1. The van der Waals surface area contributed by atoms with Crippen molar-refractivity contribution in [3.8, 4) is 0 Å². The molecule has 0 spiro atoms. The molecule has 1 N–H and O–H groups in total. The highest BCUT2D eigenvalue weighted by Crippen LogP contribution is 2.30. The molecule has 3 aliphatic rings. The van der Waals surface area contributed by atoms with Gasteiger partial charge in [-0.1, -0.05) is 13.8 Å². The summed E-state index contributed by atoms with van der Waals surface area (Å²) in [6.07, 6.45) is 8.16. The number of rotatable bonds is 4. The molecule has 1 saturated carbocycles. The average Bonchev–Trinajstić information content (AvgIpc) is 2.98. The van der Waals surface area contributed by atoms with E-state index in [1.54, 1.807) is 0 Å². The number of ether oxygens (including phenoxy) is 1. The van der Waals surface area contributed by atoms with E-state index in [9.17, 15) is 0 Å². The molecule has 3 nitrogen and oxygen atoms in total. The molecule has 4 atom stereocenters. The fraction of sp³-hybridized carbons (Fsp3) is 1.00. The Morgan fingerprint density at radius 1 is 0.952 bits per heavy atom. The van der Waals surface area contributed by atoms with E-state index < -0.39 is 0 Å². The van der Waals surface area contributed by atoms with Crippen LogP contribution < -0.4 is 5.32 Å². The van der Waals surface area contributed by atoms with Crippen LogP contribution in [0.15, 0.2) is 0 Å². The van der Waals surface area contributed by atoms with Crippen LogP contribution in [-0.4, -0.2) is 49.8 Å². The third-order valence-corrected chi connectivity index (χ3v) is 6.20. The highest BCUT2D eigenvalue weighted by molar-refractivity contribution is 4.85. The van der Waals surface area contributed by atoms with Crippen molar-refractivity contribution in [3.63, 3.8) is 0 Å². The fourth-order valence-corrected chi connectivity index (χ4v) is 4.41. The van der Waals surface area contributed by atoms with Crippen LogP contribution in [0.1, 0.15) is 52.4 Å². The molecular formula is C18H34N2O. The standard InChI is InChI=1S/C18H34N2O/c1-14-3-4-18(11-15(14)2)19-17-5-8-20(9-6-17)12-16-7-10-21-13-16/h14-19H,3-13H2,1-2H3/t14-,15+,16-,18+/m1/s1. The number of likely N-dealkylation sites (tertiary alicyclic amines) is 1. The maximum absolute atomic E-state index is 5.50. The predicted octanol–water partition coefficient (Wildman–Crippen LogP) is 2.90. The molecule has 3 heteroatoms. The van der Waals surface area contributed by atoms with E-state index >= 15 is 0 Å². The second-order valence-electron chi connectivity index (χ2n) is 7.94. The van der Waals surface area contributed by atoms with Gasteiger partial charge in [0.25, 0.3) is 0 Å². The van der Waals surface area contributed by atoms with Crippen LogP contribution in [0.2, 0.25) is 0 Å². The molecule has 3 rings (SSSR count). The van der Waals surface area contributed by atoms with Crippen LogP contribution in [0.5, 0.6) is 0 Å². The van der Waals surface area contributed by atoms with Crippen LogP contribution in [0.3, 0.4) is 0 Å². The summed E-state index contributed by atoms with van der Waals surface area (Å²) in [5, 5.41) is 3.97. The van der Waals surface area contributed by atoms with Gasteiger partial charge in [0.2, 0.25) is 0 Å². The summed E-state index contributed by atoms with van der Waals surface area (Å²) in [5.41, 5.74) is 0. The van der Waals surface area contributed by atoms with Gasteiger partial charge in [-0.05, 0) is 69.4 Å². The van der Waals surface area contributed by atoms with Gasteiger partial charge >= 0.3 is 0 Å². The van der Waals surface area contributed by atoms with E-state index in [-0.39, 0.29) is 0 Å². The molecule has 2 heterocycles. The van der Waals surface area contributed by atoms with Crippen LogP contribution in [0.4, 0.5) is 0 Å². The minimum atomic E-state index is 0.770. The van der Waals surface area contributed by atoms with E-state index in [1.807, 2.05) is 0 Å². The number of nitrogens with one attached hydrogen (secondary N) is 1. The highest BCUT2D eigenvalue weighted by Gasteiger charge is 2.28. The second kappa shape index (κ2) is 7.43. The Bertz CT molecular complexity index is 308. The van der Waals surface area contributed by atoms with Gasteiger partial charge in [-0.3, -0.25) is 0 Å². The average molecular weight is 294 g/mol. The van der Waals surface area contributed by atoms with E-state index in [1.165, 1.54) is 58.2 Å². The van der Waals surface area contributed by atoms with Crippen molar-refractivity contribution in [2.45, 2.75) is 64.5 Å². The largest absolute Gasteiger partial charge is 0.381 e. The van der Waals surface area contributed by atoms with Crippen LogP contribution in [0.25, 0.3) is 0 Å². The minimum Gasteiger partial charge on any atom is -0.381 e. The summed E-state index contributed by atoms with van der Waals surface area (Å²) in [4.78, 5) is 2.67. The molecule has 0 aromatic carbocycles. The molecule has 0 aromatic rings. The summed E-state index contributed by atoms with van der Waals surface area (Å²) < 4.78 is 5.50. The normalized spacial score (nSPS) is 39.7.